The number of carbonyl (C=O) groups excluding carboxylic acids is 2. The lowest BCUT2D eigenvalue weighted by Gasteiger charge is -2.28. The molecule has 3 rings (SSSR count). The molecule has 0 radical (unpaired) electrons. The molecule has 1 aliphatic heterocycles. The van der Waals surface area contributed by atoms with Gasteiger partial charge in [0.15, 0.2) is 0 Å². The molecule has 100 valence electrons. The number of carbonyl (C=O) groups is 2. The molecule has 2 aliphatic carbocycles. The van der Waals surface area contributed by atoms with Crippen LogP contribution in [0.4, 0.5) is 0 Å². The summed E-state index contributed by atoms with van der Waals surface area (Å²) in [5.41, 5.74) is 0.334. The van der Waals surface area contributed by atoms with Gasteiger partial charge in [0, 0.05) is 12.3 Å². The van der Waals surface area contributed by atoms with Gasteiger partial charge in [-0.2, -0.15) is 0 Å². The van der Waals surface area contributed by atoms with E-state index in [0.29, 0.717) is 29.5 Å². The van der Waals surface area contributed by atoms with Crippen LogP contribution >= 0.6 is 0 Å². The van der Waals surface area contributed by atoms with Crippen LogP contribution < -0.4 is 0 Å². The van der Waals surface area contributed by atoms with E-state index >= 15 is 0 Å². The number of hydrogen-bond donors (Lipinski definition) is 0. The largest absolute Gasteiger partial charge is 0.462 e. The summed E-state index contributed by atoms with van der Waals surface area (Å²) in [5.74, 6) is 2.19. The van der Waals surface area contributed by atoms with Crippen LogP contribution in [0.15, 0.2) is 0 Å². The summed E-state index contributed by atoms with van der Waals surface area (Å²) in [6, 6.07) is 0. The van der Waals surface area contributed by atoms with E-state index in [4.69, 9.17) is 4.74 Å². The predicted octanol–water partition coefficient (Wildman–Crippen LogP) is 2.58. The normalized spacial score (nSPS) is 49.3. The third kappa shape index (κ3) is 1.63. The quantitative estimate of drug-likeness (QED) is 0.723. The third-order valence-corrected chi connectivity index (χ3v) is 5.80. The minimum Gasteiger partial charge on any atom is -0.462 e. The first-order valence-electron chi connectivity index (χ1n) is 7.13. The van der Waals surface area contributed by atoms with E-state index < -0.39 is 0 Å². The molecule has 0 aromatic heterocycles. The average Bonchev–Trinajstić information content (AvgIpc) is 2.77. The molecule has 0 aromatic carbocycles. The van der Waals surface area contributed by atoms with Gasteiger partial charge in [0.05, 0.1) is 5.92 Å². The minimum atomic E-state index is -0.00446. The standard InChI is InChI=1S/C15H22O3/c1-8(16)4-5-11-12-6-10-9(2)14(17)18-13(10)7-15(11,12)3/h9-13H,4-7H2,1-3H3/t9-,10+,11+,12-,13+,15+/m1/s1. The highest BCUT2D eigenvalue weighted by Crippen LogP contribution is 2.70. The fourth-order valence-electron chi connectivity index (χ4n) is 4.51. The molecule has 0 spiro atoms. The molecule has 1 saturated heterocycles. The lowest BCUT2D eigenvalue weighted by molar-refractivity contribution is -0.144. The van der Waals surface area contributed by atoms with E-state index in [0.717, 1.165) is 25.2 Å². The molecule has 0 aromatic rings. The molecule has 0 bridgehead atoms. The first-order chi connectivity index (χ1) is 8.43. The lowest BCUT2D eigenvalue weighted by Crippen LogP contribution is -2.28. The van der Waals surface area contributed by atoms with Crippen molar-refractivity contribution in [1.82, 2.24) is 0 Å². The zero-order chi connectivity index (χ0) is 13.1. The van der Waals surface area contributed by atoms with Crippen molar-refractivity contribution < 1.29 is 14.3 Å². The van der Waals surface area contributed by atoms with E-state index in [2.05, 4.69) is 6.92 Å². The molecular weight excluding hydrogens is 228 g/mol. The molecule has 3 fully saturated rings. The topological polar surface area (TPSA) is 43.4 Å². The summed E-state index contributed by atoms with van der Waals surface area (Å²) in [4.78, 5) is 22.7. The van der Waals surface area contributed by atoms with Gasteiger partial charge in [-0.05, 0) is 43.4 Å². The van der Waals surface area contributed by atoms with Gasteiger partial charge in [-0.15, -0.1) is 0 Å². The van der Waals surface area contributed by atoms with Crippen LogP contribution in [0.1, 0.15) is 46.5 Å². The van der Waals surface area contributed by atoms with Crippen molar-refractivity contribution in [3.05, 3.63) is 0 Å². The van der Waals surface area contributed by atoms with Crippen molar-refractivity contribution in [1.29, 1.82) is 0 Å². The Bertz CT molecular complexity index is 403. The van der Waals surface area contributed by atoms with Crippen LogP contribution in [-0.2, 0) is 14.3 Å². The van der Waals surface area contributed by atoms with Crippen molar-refractivity contribution >= 4 is 11.8 Å². The van der Waals surface area contributed by atoms with Crippen LogP contribution in [-0.4, -0.2) is 17.9 Å². The number of hydrogen-bond acceptors (Lipinski definition) is 3. The monoisotopic (exact) mass is 250 g/mol. The number of rotatable bonds is 3. The molecule has 0 N–H and O–H groups in total. The van der Waals surface area contributed by atoms with Crippen LogP contribution in [0, 0.1) is 29.1 Å². The van der Waals surface area contributed by atoms with Gasteiger partial charge in [0.25, 0.3) is 0 Å². The Morgan fingerprint density at radius 3 is 2.89 bits per heavy atom. The fourth-order valence-corrected chi connectivity index (χ4v) is 4.51. The molecule has 6 atom stereocenters. The summed E-state index contributed by atoms with van der Waals surface area (Å²) >= 11 is 0. The van der Waals surface area contributed by atoms with E-state index in [9.17, 15) is 9.59 Å². The van der Waals surface area contributed by atoms with Gasteiger partial charge in [0.2, 0.25) is 0 Å². The molecule has 0 amide bonds. The van der Waals surface area contributed by atoms with Gasteiger partial charge < -0.3 is 9.53 Å². The Kier molecular flexibility index (Phi) is 2.58. The fraction of sp³-hybridized carbons (Fsp3) is 0.867. The maximum absolute atomic E-state index is 11.6. The first-order valence-corrected chi connectivity index (χ1v) is 7.13. The van der Waals surface area contributed by atoms with Crippen LogP contribution in [0.25, 0.3) is 0 Å². The second kappa shape index (κ2) is 3.82. The summed E-state index contributed by atoms with van der Waals surface area (Å²) in [6.45, 7) is 5.99. The lowest BCUT2D eigenvalue weighted by atomic mass is 9.77. The summed E-state index contributed by atoms with van der Waals surface area (Å²) in [5, 5.41) is 0. The molecular formula is C15H22O3. The highest BCUT2D eigenvalue weighted by atomic mass is 16.6. The highest BCUT2D eigenvalue weighted by molar-refractivity contribution is 5.75. The van der Waals surface area contributed by atoms with Crippen molar-refractivity contribution in [3.8, 4) is 0 Å². The summed E-state index contributed by atoms with van der Waals surface area (Å²) in [6.07, 6.45) is 4.02. The number of fused-ring (bicyclic) bond motifs is 2. The Hall–Kier alpha value is -0.860. The van der Waals surface area contributed by atoms with Crippen LogP contribution in [0.3, 0.4) is 0 Å². The predicted molar refractivity (Wildman–Crippen MR) is 66.8 cm³/mol. The minimum absolute atomic E-state index is 0.00446. The zero-order valence-corrected chi connectivity index (χ0v) is 11.4. The summed E-state index contributed by atoms with van der Waals surface area (Å²) in [7, 11) is 0. The SMILES string of the molecule is CC(=O)CC[C@H]1[C@H]2C[C@@H]3[C@H](C[C@]21C)OC(=O)[C@@H]3C. The van der Waals surface area contributed by atoms with Crippen molar-refractivity contribution in [2.24, 2.45) is 29.1 Å². The van der Waals surface area contributed by atoms with E-state index in [1.807, 2.05) is 6.92 Å². The molecule has 2 saturated carbocycles. The number of esters is 1. The van der Waals surface area contributed by atoms with Crippen molar-refractivity contribution in [2.75, 3.05) is 0 Å². The maximum Gasteiger partial charge on any atom is 0.309 e. The second-order valence-electron chi connectivity index (χ2n) is 6.83. The molecule has 0 unspecified atom stereocenters. The van der Waals surface area contributed by atoms with E-state index in [1.165, 1.54) is 0 Å². The van der Waals surface area contributed by atoms with Gasteiger partial charge in [-0.25, -0.2) is 0 Å². The van der Waals surface area contributed by atoms with Gasteiger partial charge >= 0.3 is 5.97 Å². The Labute approximate surface area is 108 Å². The van der Waals surface area contributed by atoms with Crippen LogP contribution in [0.2, 0.25) is 0 Å². The van der Waals surface area contributed by atoms with Gasteiger partial charge in [-0.1, -0.05) is 13.8 Å². The molecule has 3 aliphatic rings. The smallest absolute Gasteiger partial charge is 0.309 e. The van der Waals surface area contributed by atoms with Crippen molar-refractivity contribution in [3.63, 3.8) is 0 Å². The molecule has 18 heavy (non-hydrogen) atoms. The summed E-state index contributed by atoms with van der Waals surface area (Å²) < 4.78 is 5.51. The number of ether oxygens (including phenoxy) is 1. The number of Topliss-reactive ketones (excluding diaryl/α,β-unsaturated/α-hetero) is 1. The Balaban J connectivity index is 1.67. The number of ketones is 1. The van der Waals surface area contributed by atoms with E-state index in [-0.39, 0.29) is 18.0 Å². The Morgan fingerprint density at radius 2 is 2.22 bits per heavy atom. The highest BCUT2D eigenvalue weighted by Gasteiger charge is 2.66. The zero-order valence-electron chi connectivity index (χ0n) is 11.4. The van der Waals surface area contributed by atoms with Crippen LogP contribution in [0.5, 0.6) is 0 Å². The molecule has 3 nitrogen and oxygen atoms in total. The second-order valence-corrected chi connectivity index (χ2v) is 6.83. The Morgan fingerprint density at radius 1 is 1.50 bits per heavy atom. The van der Waals surface area contributed by atoms with E-state index in [1.54, 1.807) is 6.92 Å². The molecule has 1 heterocycles. The first kappa shape index (κ1) is 12.2. The van der Waals surface area contributed by atoms with Crippen molar-refractivity contribution in [2.45, 2.75) is 52.6 Å². The average molecular weight is 250 g/mol. The molecule has 3 heteroatoms. The maximum atomic E-state index is 11.6. The third-order valence-electron chi connectivity index (χ3n) is 5.80. The van der Waals surface area contributed by atoms with Gasteiger partial charge in [-0.3, -0.25) is 4.79 Å². The van der Waals surface area contributed by atoms with Gasteiger partial charge in [0.1, 0.15) is 11.9 Å².